The molecule has 36 heavy (non-hydrogen) atoms. The number of piperidine rings is 3. The molecule has 4 aliphatic heterocycles. The second-order valence-corrected chi connectivity index (χ2v) is 12.9. The molecule has 5 heterocycles. The number of nitrogens with zero attached hydrogens (tertiary/aromatic N) is 3. The first-order valence-electron chi connectivity index (χ1n) is 12.4. The Hall–Kier alpha value is -2.63. The summed E-state index contributed by atoms with van der Waals surface area (Å²) >= 11 is 0.103. The van der Waals surface area contributed by atoms with E-state index >= 15 is 0 Å². The number of rotatable bonds is 5. The summed E-state index contributed by atoms with van der Waals surface area (Å²) in [5, 5.41) is 0. The molecule has 0 spiro atoms. The third-order valence-corrected chi connectivity index (χ3v) is 10.3. The minimum absolute atomic E-state index is 0.103. The zero-order valence-electron chi connectivity index (χ0n) is 20.6. The summed E-state index contributed by atoms with van der Waals surface area (Å²) in [5.41, 5.74) is 7.82. The number of ether oxygens (including phenoxy) is 2. The number of benzene rings is 2. The van der Waals surface area contributed by atoms with Gasteiger partial charge in [-0.15, -0.1) is 0 Å². The van der Waals surface area contributed by atoms with Gasteiger partial charge in [0, 0.05) is 23.4 Å². The van der Waals surface area contributed by atoms with Crippen LogP contribution in [0, 0.1) is 5.41 Å². The fourth-order valence-electron chi connectivity index (χ4n) is 4.60. The molecule has 2 bridgehead atoms. The molecule has 7 nitrogen and oxygen atoms in total. The van der Waals surface area contributed by atoms with Gasteiger partial charge in [-0.25, -0.2) is 14.8 Å². The monoisotopic (exact) mass is 595 g/mol. The molecule has 1 aromatic heterocycles. The van der Waals surface area contributed by atoms with Crippen LogP contribution in [0.1, 0.15) is 30.4 Å². The van der Waals surface area contributed by atoms with Gasteiger partial charge in [0.1, 0.15) is 18.7 Å². The Bertz CT molecular complexity index is 1000. The van der Waals surface area contributed by atoms with Gasteiger partial charge in [-0.3, -0.25) is 0 Å². The Balaban J connectivity index is 0.000000130. The number of aryl methyl sites for hydroxylation is 1. The molecule has 0 unspecified atom stereocenters. The smallest absolute Gasteiger partial charge is 0.119 e. The van der Waals surface area contributed by atoms with Crippen LogP contribution in [-0.2, 0) is 17.8 Å². The Morgan fingerprint density at radius 1 is 0.972 bits per heavy atom. The number of amides is 1. The first kappa shape index (κ1) is 26.4. The molecule has 0 saturated carbocycles. The molecule has 189 valence electrons. The zero-order chi connectivity index (χ0) is 25.1. The van der Waals surface area contributed by atoms with E-state index in [0.29, 0.717) is 13.2 Å². The van der Waals surface area contributed by atoms with E-state index in [1.165, 1.54) is 17.1 Å². The third kappa shape index (κ3) is 8.21. The molecule has 1 amide bonds. The largest absolute Gasteiger partial charge is 0.489 e. The quantitative estimate of drug-likeness (QED) is 0.453. The molecular weight excluding hydrogens is 562 g/mol. The predicted octanol–water partition coefficient (Wildman–Crippen LogP) is 3.61. The maximum Gasteiger partial charge on any atom is 0.119 e. The number of carbonyl (C=O) groups excluding carboxylic acids is 1. The second-order valence-electron chi connectivity index (χ2n) is 9.31. The van der Waals surface area contributed by atoms with E-state index in [1.807, 2.05) is 30.3 Å². The molecular formula is C28H34N4O3Sb. The molecule has 3 aromatic rings. The van der Waals surface area contributed by atoms with Crippen LogP contribution >= 0.6 is 0 Å². The Kier molecular flexibility index (Phi) is 10.00. The second kappa shape index (κ2) is 13.6. The van der Waals surface area contributed by atoms with Crippen molar-refractivity contribution in [1.82, 2.24) is 14.9 Å². The van der Waals surface area contributed by atoms with Gasteiger partial charge < -0.3 is 20.1 Å². The topological polar surface area (TPSA) is 90.6 Å². The van der Waals surface area contributed by atoms with E-state index in [2.05, 4.69) is 39.1 Å². The van der Waals surface area contributed by atoms with Gasteiger partial charge in [0.2, 0.25) is 0 Å². The fraction of sp³-hybridized carbons (Fsp3) is 0.393. The first-order chi connectivity index (χ1) is 17.6. The van der Waals surface area contributed by atoms with Crippen molar-refractivity contribution in [2.75, 3.05) is 26.2 Å². The van der Waals surface area contributed by atoms with E-state index < -0.39 is 6.09 Å². The summed E-state index contributed by atoms with van der Waals surface area (Å²) in [6.45, 7) is 4.49. The summed E-state index contributed by atoms with van der Waals surface area (Å²) in [7, 11) is 0. The number of carbonyl (C=O) groups is 1. The van der Waals surface area contributed by atoms with Crippen molar-refractivity contribution in [3.8, 4) is 5.75 Å². The van der Waals surface area contributed by atoms with E-state index in [0.717, 1.165) is 50.2 Å². The SMILES string of the molecule is NC(=O)OCC12CCN(CC1)CC2.c1cc[c]2c(c1)C[CH2][Sb]2.c1ccc(OCc2cncnc2)cc1. The van der Waals surface area contributed by atoms with Crippen molar-refractivity contribution < 1.29 is 14.3 Å². The summed E-state index contributed by atoms with van der Waals surface area (Å²) in [4.78, 5) is 20.8. The van der Waals surface area contributed by atoms with E-state index in [1.54, 1.807) is 21.5 Å². The van der Waals surface area contributed by atoms with Crippen LogP contribution in [-0.4, -0.2) is 68.8 Å². The van der Waals surface area contributed by atoms with E-state index in [-0.39, 0.29) is 27.0 Å². The molecule has 0 aliphatic carbocycles. The van der Waals surface area contributed by atoms with Crippen LogP contribution in [0.15, 0.2) is 73.3 Å². The molecule has 1 radical (unpaired) electrons. The Morgan fingerprint density at radius 2 is 1.64 bits per heavy atom. The maximum absolute atomic E-state index is 10.5. The Morgan fingerprint density at radius 3 is 2.31 bits per heavy atom. The fourth-order valence-corrected chi connectivity index (χ4v) is 7.95. The van der Waals surface area contributed by atoms with Gasteiger partial charge in [0.15, 0.2) is 0 Å². The van der Waals surface area contributed by atoms with Gasteiger partial charge in [0.25, 0.3) is 0 Å². The average Bonchev–Trinajstić information content (AvgIpc) is 3.43. The molecule has 8 heteroatoms. The van der Waals surface area contributed by atoms with Crippen molar-refractivity contribution in [1.29, 1.82) is 0 Å². The minimum Gasteiger partial charge on any atom is -0.489 e. The number of fused-ring (bicyclic) bond motifs is 4. The molecule has 2 aromatic carbocycles. The summed E-state index contributed by atoms with van der Waals surface area (Å²) in [6.07, 6.45) is 9.19. The van der Waals surface area contributed by atoms with Crippen molar-refractivity contribution in [2.45, 2.75) is 36.7 Å². The van der Waals surface area contributed by atoms with E-state index in [4.69, 9.17) is 15.2 Å². The number of primary amides is 1. The van der Waals surface area contributed by atoms with Crippen molar-refractivity contribution in [3.63, 3.8) is 0 Å². The Labute approximate surface area is 223 Å². The molecule has 3 saturated heterocycles. The third-order valence-electron chi connectivity index (χ3n) is 6.81. The van der Waals surface area contributed by atoms with Crippen LogP contribution in [0.2, 0.25) is 4.37 Å². The number of hydrogen-bond acceptors (Lipinski definition) is 6. The molecule has 4 aliphatic rings. The van der Waals surface area contributed by atoms with Gasteiger partial charge in [-0.2, -0.15) is 0 Å². The van der Waals surface area contributed by atoms with Crippen molar-refractivity contribution in [2.24, 2.45) is 11.1 Å². The molecule has 0 atom stereocenters. The number of nitrogens with two attached hydrogens (primary N) is 1. The van der Waals surface area contributed by atoms with Gasteiger partial charge in [0.05, 0.1) is 6.61 Å². The van der Waals surface area contributed by atoms with Crippen LogP contribution in [0.25, 0.3) is 0 Å². The number of hydrogen-bond donors (Lipinski definition) is 1. The number of aromatic nitrogens is 2. The predicted molar refractivity (Wildman–Crippen MR) is 141 cm³/mol. The summed E-state index contributed by atoms with van der Waals surface area (Å²) < 4.78 is 13.7. The van der Waals surface area contributed by atoms with Crippen LogP contribution < -0.4 is 14.0 Å². The van der Waals surface area contributed by atoms with Crippen LogP contribution in [0.3, 0.4) is 0 Å². The van der Waals surface area contributed by atoms with Crippen molar-refractivity contribution in [3.05, 3.63) is 84.4 Å². The van der Waals surface area contributed by atoms with Gasteiger partial charge in [-0.1, -0.05) is 18.2 Å². The average molecular weight is 596 g/mol. The molecule has 7 rings (SSSR count). The first-order valence-corrected chi connectivity index (χ1v) is 15.5. The zero-order valence-corrected chi connectivity index (χ0v) is 23.1. The van der Waals surface area contributed by atoms with E-state index in [9.17, 15) is 4.79 Å². The van der Waals surface area contributed by atoms with Crippen LogP contribution in [0.4, 0.5) is 4.79 Å². The van der Waals surface area contributed by atoms with Gasteiger partial charge >= 0.3 is 71.8 Å². The standard InChI is InChI=1S/C11H10N2O.C9H16N2O2.C8H8.Sb/c1-2-4-11(5-3-1)14-8-10-6-12-9-13-7-10;10-8(12)13-7-9-1-4-11(5-2-9)6-3-9;1-2-8-6-4-3-5-7-8;/h1-7,9H,8H2;1-7H2,(H2,10,12);3-6H,1-2H2;. The molecule has 2 N–H and O–H groups in total. The summed E-state index contributed by atoms with van der Waals surface area (Å²) in [5.74, 6) is 0.858. The van der Waals surface area contributed by atoms with Gasteiger partial charge in [-0.05, 0) is 51.0 Å². The maximum atomic E-state index is 10.5. The summed E-state index contributed by atoms with van der Waals surface area (Å²) in [6, 6.07) is 18.6. The minimum atomic E-state index is -0.637. The normalized spacial score (nSPS) is 21.2. The van der Waals surface area contributed by atoms with Crippen molar-refractivity contribution >= 4 is 31.2 Å². The number of para-hydroxylation sites is 1. The van der Waals surface area contributed by atoms with Crippen LogP contribution in [0.5, 0.6) is 5.75 Å². The molecule has 3 fully saturated rings.